The van der Waals surface area contributed by atoms with Crippen LogP contribution in [-0.2, 0) is 21.5 Å². The second-order valence-electron chi connectivity index (χ2n) is 10.6. The number of benzene rings is 3. The number of carbonyl (C=O) groups is 2. The van der Waals surface area contributed by atoms with E-state index < -0.39 is 17.1 Å². The third kappa shape index (κ3) is 3.60. The molecule has 2 aliphatic heterocycles. The van der Waals surface area contributed by atoms with E-state index in [1.54, 1.807) is 75.3 Å². The first-order valence-electron chi connectivity index (χ1n) is 13.7. The lowest BCUT2D eigenvalue weighted by Gasteiger charge is -2.45. The van der Waals surface area contributed by atoms with Crippen molar-refractivity contribution in [2.24, 2.45) is 0 Å². The zero-order chi connectivity index (χ0) is 29.0. The minimum absolute atomic E-state index is 0.0796. The van der Waals surface area contributed by atoms with Crippen LogP contribution < -0.4 is 9.80 Å². The number of amides is 1. The molecule has 1 spiro atoms. The minimum atomic E-state index is -1.71. The van der Waals surface area contributed by atoms with Crippen molar-refractivity contribution in [1.29, 1.82) is 5.26 Å². The Kier molecular flexibility index (Phi) is 5.91. The molecule has 0 radical (unpaired) electrons. The number of rotatable bonds is 4. The van der Waals surface area contributed by atoms with Gasteiger partial charge in [0, 0.05) is 41.3 Å². The van der Waals surface area contributed by atoms with Crippen molar-refractivity contribution in [3.8, 4) is 6.07 Å². The normalized spacial score (nSPS) is 19.8. The maximum atomic E-state index is 15.0. The third-order valence-corrected chi connectivity index (χ3v) is 8.29. The standard InChI is InChI=1S/C34H24F2N4O2/c35-23-15-13-22(14-16-23)21-39-28-10-2-1-9-26(28)34(33(39)42)27(20-37)32(38-17-3-4-18-38)40(25-8-5-7-24(36)19-25)29-11-6-12-30(41)31(29)34/h1-5,7-10,13-19H,6,11-12,21H2/t34-/m1/s1. The van der Waals surface area contributed by atoms with Gasteiger partial charge < -0.3 is 9.47 Å². The molecular formula is C34H24F2N4O2. The fraction of sp³-hybridized carbons (Fsp3) is 0.147. The van der Waals surface area contributed by atoms with Crippen LogP contribution in [0.4, 0.5) is 20.2 Å². The highest BCUT2D eigenvalue weighted by Gasteiger charge is 2.62. The summed E-state index contributed by atoms with van der Waals surface area (Å²) in [5.74, 6) is -1.12. The Balaban J connectivity index is 1.56. The van der Waals surface area contributed by atoms with Crippen molar-refractivity contribution in [2.45, 2.75) is 31.2 Å². The largest absolute Gasteiger partial charge is 0.309 e. The molecule has 0 bridgehead atoms. The highest BCUT2D eigenvalue weighted by Crippen LogP contribution is 2.58. The zero-order valence-electron chi connectivity index (χ0n) is 22.4. The molecule has 8 heteroatoms. The van der Waals surface area contributed by atoms with E-state index in [0.717, 1.165) is 0 Å². The van der Waals surface area contributed by atoms with Crippen molar-refractivity contribution in [1.82, 2.24) is 4.57 Å². The molecule has 4 aromatic rings. The summed E-state index contributed by atoms with van der Waals surface area (Å²) in [5, 5.41) is 11.0. The number of anilines is 2. The first-order valence-corrected chi connectivity index (χ1v) is 13.7. The molecule has 0 fully saturated rings. The second kappa shape index (κ2) is 9.67. The summed E-state index contributed by atoms with van der Waals surface area (Å²) >= 11 is 0. The van der Waals surface area contributed by atoms with Gasteiger partial charge in [-0.05, 0) is 66.9 Å². The lowest BCUT2D eigenvalue weighted by molar-refractivity contribution is -0.124. The van der Waals surface area contributed by atoms with Gasteiger partial charge in [0.05, 0.1) is 17.8 Å². The summed E-state index contributed by atoms with van der Waals surface area (Å²) in [6, 6.07) is 25.1. The topological polar surface area (TPSA) is 69.3 Å². The maximum Gasteiger partial charge on any atom is 0.248 e. The van der Waals surface area contributed by atoms with E-state index in [1.165, 1.54) is 24.3 Å². The van der Waals surface area contributed by atoms with Crippen molar-refractivity contribution in [2.75, 3.05) is 9.80 Å². The van der Waals surface area contributed by atoms with Crippen LogP contribution in [0.25, 0.3) is 5.82 Å². The molecule has 3 aliphatic rings. The lowest BCUT2D eigenvalue weighted by Crippen LogP contribution is -2.51. The first kappa shape index (κ1) is 25.7. The molecule has 0 saturated heterocycles. The van der Waals surface area contributed by atoms with E-state index in [2.05, 4.69) is 6.07 Å². The van der Waals surface area contributed by atoms with Crippen LogP contribution in [0, 0.1) is 23.0 Å². The smallest absolute Gasteiger partial charge is 0.248 e. The van der Waals surface area contributed by atoms with Crippen molar-refractivity contribution in [3.63, 3.8) is 0 Å². The number of ketones is 1. The highest BCUT2D eigenvalue weighted by atomic mass is 19.1. The van der Waals surface area contributed by atoms with Crippen LogP contribution >= 0.6 is 0 Å². The monoisotopic (exact) mass is 558 g/mol. The molecule has 0 N–H and O–H groups in total. The molecule has 0 saturated carbocycles. The van der Waals surface area contributed by atoms with Gasteiger partial charge in [0.15, 0.2) is 5.78 Å². The lowest BCUT2D eigenvalue weighted by atomic mass is 9.63. The maximum absolute atomic E-state index is 15.0. The Morgan fingerprint density at radius 3 is 2.36 bits per heavy atom. The molecule has 1 aliphatic carbocycles. The molecule has 0 unspecified atom stereocenters. The summed E-state index contributed by atoms with van der Waals surface area (Å²) in [4.78, 5) is 32.4. The van der Waals surface area contributed by atoms with Gasteiger partial charge in [-0.25, -0.2) is 8.78 Å². The Bertz CT molecular complexity index is 1870. The number of nitriles is 1. The number of halogens is 2. The van der Waals surface area contributed by atoms with Crippen LogP contribution in [0.15, 0.2) is 114 Å². The molecule has 3 aromatic carbocycles. The van der Waals surface area contributed by atoms with Crippen LogP contribution in [0.1, 0.15) is 30.4 Å². The summed E-state index contributed by atoms with van der Waals surface area (Å²) in [5.41, 5.74) is 1.47. The van der Waals surface area contributed by atoms with Gasteiger partial charge in [0.25, 0.3) is 0 Å². The number of carbonyl (C=O) groups excluding carboxylic acids is 2. The fourth-order valence-electron chi connectivity index (χ4n) is 6.62. The summed E-state index contributed by atoms with van der Waals surface area (Å²) < 4.78 is 30.1. The Labute approximate surface area is 241 Å². The number of aromatic nitrogens is 1. The number of Topliss-reactive ketones (excluding diaryl/α,β-unsaturated/α-hetero) is 1. The number of para-hydroxylation sites is 1. The minimum Gasteiger partial charge on any atom is -0.309 e. The highest BCUT2D eigenvalue weighted by molar-refractivity contribution is 6.22. The number of allylic oxidation sites excluding steroid dienone is 1. The zero-order valence-corrected chi connectivity index (χ0v) is 22.4. The quantitative estimate of drug-likeness (QED) is 0.288. The number of fused-ring (bicyclic) bond motifs is 3. The van der Waals surface area contributed by atoms with E-state index >= 15 is 0 Å². The van der Waals surface area contributed by atoms with Crippen molar-refractivity contribution >= 4 is 28.9 Å². The Hall–Kier alpha value is -5.29. The van der Waals surface area contributed by atoms with Gasteiger partial charge in [-0.3, -0.25) is 14.5 Å². The van der Waals surface area contributed by atoms with E-state index in [0.29, 0.717) is 46.9 Å². The average molecular weight is 559 g/mol. The predicted molar refractivity (Wildman–Crippen MR) is 154 cm³/mol. The predicted octanol–water partition coefficient (Wildman–Crippen LogP) is 6.47. The summed E-state index contributed by atoms with van der Waals surface area (Å²) in [6.07, 6.45) is 4.77. The van der Waals surface area contributed by atoms with Crippen LogP contribution in [-0.4, -0.2) is 16.3 Å². The number of nitrogens with zero attached hydrogens (tertiary/aromatic N) is 4. The van der Waals surface area contributed by atoms with E-state index in [9.17, 15) is 23.6 Å². The molecule has 3 heterocycles. The van der Waals surface area contributed by atoms with E-state index in [1.807, 2.05) is 12.1 Å². The average Bonchev–Trinajstić information content (AvgIpc) is 3.61. The Morgan fingerprint density at radius 2 is 1.62 bits per heavy atom. The van der Waals surface area contributed by atoms with Crippen molar-refractivity contribution < 1.29 is 18.4 Å². The van der Waals surface area contributed by atoms with Gasteiger partial charge in [0.2, 0.25) is 5.91 Å². The molecule has 6 nitrogen and oxygen atoms in total. The summed E-state index contributed by atoms with van der Waals surface area (Å²) in [6.45, 7) is 0.125. The molecule has 1 aromatic heterocycles. The molecule has 206 valence electrons. The fourth-order valence-corrected chi connectivity index (χ4v) is 6.62. The van der Waals surface area contributed by atoms with Crippen LogP contribution in [0.2, 0.25) is 0 Å². The van der Waals surface area contributed by atoms with Gasteiger partial charge in [0.1, 0.15) is 28.9 Å². The molecule has 42 heavy (non-hydrogen) atoms. The van der Waals surface area contributed by atoms with Gasteiger partial charge in [-0.15, -0.1) is 0 Å². The van der Waals surface area contributed by atoms with E-state index in [-0.39, 0.29) is 35.7 Å². The van der Waals surface area contributed by atoms with Crippen LogP contribution in [0.5, 0.6) is 0 Å². The van der Waals surface area contributed by atoms with Gasteiger partial charge in [-0.2, -0.15) is 5.26 Å². The molecule has 1 atom stereocenters. The SMILES string of the molecule is N#CC1=C(n2cccc2)N(c2cccc(F)c2)C2=C(C(=O)CCC2)[C@]12C(=O)N(Cc1ccc(F)cc1)c1ccccc12. The van der Waals surface area contributed by atoms with Crippen molar-refractivity contribution in [3.05, 3.63) is 137 Å². The molecule has 7 rings (SSSR count). The summed E-state index contributed by atoms with van der Waals surface area (Å²) in [7, 11) is 0. The first-order chi connectivity index (χ1) is 20.4. The number of hydrogen-bond donors (Lipinski definition) is 0. The number of hydrogen-bond acceptors (Lipinski definition) is 4. The van der Waals surface area contributed by atoms with Gasteiger partial charge in [-0.1, -0.05) is 36.4 Å². The van der Waals surface area contributed by atoms with Gasteiger partial charge >= 0.3 is 0 Å². The van der Waals surface area contributed by atoms with Crippen LogP contribution in [0.3, 0.4) is 0 Å². The third-order valence-electron chi connectivity index (χ3n) is 8.29. The molecular weight excluding hydrogens is 534 g/mol. The Morgan fingerprint density at radius 1 is 0.857 bits per heavy atom. The molecule has 1 amide bonds. The second-order valence-corrected chi connectivity index (χ2v) is 10.6. The van der Waals surface area contributed by atoms with E-state index in [4.69, 9.17) is 0 Å².